The lowest BCUT2D eigenvalue weighted by Gasteiger charge is -2.12. The van der Waals surface area contributed by atoms with E-state index in [1.165, 1.54) is 4.90 Å². The van der Waals surface area contributed by atoms with Crippen LogP contribution < -0.4 is 4.74 Å². The van der Waals surface area contributed by atoms with E-state index in [9.17, 15) is 9.59 Å². The van der Waals surface area contributed by atoms with Gasteiger partial charge in [0.15, 0.2) is 0 Å². The molecule has 32 heavy (non-hydrogen) atoms. The van der Waals surface area contributed by atoms with Crippen LogP contribution >= 0.6 is 61.9 Å². The monoisotopic (exact) mass is 639 g/mol. The smallest absolute Gasteiger partial charge is 0.293 e. The second-order valence-electron chi connectivity index (χ2n) is 7.00. The lowest BCUT2D eigenvalue weighted by atomic mass is 10.2. The number of ether oxygens (including phenoxy) is 1. The molecule has 0 atom stereocenters. The highest BCUT2D eigenvalue weighted by atomic mass is 127. The predicted octanol–water partition coefficient (Wildman–Crippen LogP) is 7.52. The highest BCUT2D eigenvalue weighted by molar-refractivity contribution is 14.1. The third-order valence-corrected chi connectivity index (χ3v) is 7.22. The molecule has 0 N–H and O–H groups in total. The second kappa shape index (κ2) is 10.4. The third kappa shape index (κ3) is 5.75. The molecule has 1 saturated heterocycles. The molecule has 0 bridgehead atoms. The Labute approximate surface area is 217 Å². The quantitative estimate of drug-likeness (QED) is 0.207. The van der Waals surface area contributed by atoms with Crippen molar-refractivity contribution in [2.45, 2.75) is 13.2 Å². The minimum atomic E-state index is -0.277. The molecule has 8 heteroatoms. The maximum atomic E-state index is 12.8. The van der Waals surface area contributed by atoms with Gasteiger partial charge >= 0.3 is 0 Å². The van der Waals surface area contributed by atoms with Gasteiger partial charge in [-0.3, -0.25) is 14.5 Å². The van der Waals surface area contributed by atoms with Crippen LogP contribution in [0.2, 0.25) is 5.02 Å². The van der Waals surface area contributed by atoms with Crippen molar-refractivity contribution in [2.75, 3.05) is 0 Å². The zero-order chi connectivity index (χ0) is 22.7. The van der Waals surface area contributed by atoms with Crippen molar-refractivity contribution < 1.29 is 14.3 Å². The van der Waals surface area contributed by atoms with E-state index >= 15 is 0 Å². The second-order valence-corrected chi connectivity index (χ2v) is 10.5. The van der Waals surface area contributed by atoms with Crippen LogP contribution in [0.1, 0.15) is 16.7 Å². The van der Waals surface area contributed by atoms with Crippen molar-refractivity contribution in [1.82, 2.24) is 4.90 Å². The molecule has 4 nitrogen and oxygen atoms in total. The van der Waals surface area contributed by atoms with Crippen molar-refractivity contribution in [1.29, 1.82) is 0 Å². The average Bonchev–Trinajstić information content (AvgIpc) is 3.03. The standard InChI is InChI=1S/C24H16BrClINO3S/c25-18-6-1-15(2-7-18)13-28-23(29)22(32-24(28)30)12-17-5-10-21(20(27)11-17)31-14-16-3-8-19(26)9-4-16/h1-12H,13-14H2/b22-12-. The number of amides is 2. The highest BCUT2D eigenvalue weighted by Crippen LogP contribution is 2.34. The average molecular weight is 641 g/mol. The van der Waals surface area contributed by atoms with Crippen molar-refractivity contribution in [3.63, 3.8) is 0 Å². The first-order valence-corrected chi connectivity index (χ1v) is 12.6. The lowest BCUT2D eigenvalue weighted by molar-refractivity contribution is -0.123. The fourth-order valence-corrected chi connectivity index (χ4v) is 4.95. The minimum Gasteiger partial charge on any atom is -0.488 e. The molecule has 0 unspecified atom stereocenters. The lowest BCUT2D eigenvalue weighted by Crippen LogP contribution is -2.27. The number of imide groups is 1. The van der Waals surface area contributed by atoms with E-state index < -0.39 is 0 Å². The van der Waals surface area contributed by atoms with Gasteiger partial charge in [0.2, 0.25) is 0 Å². The molecule has 0 saturated carbocycles. The SMILES string of the molecule is O=C1S/C(=C\c2ccc(OCc3ccc(Cl)cc3)c(I)c2)C(=O)N1Cc1ccc(Br)cc1. The zero-order valence-electron chi connectivity index (χ0n) is 16.6. The molecule has 1 heterocycles. The van der Waals surface area contributed by atoms with E-state index in [1.54, 1.807) is 6.08 Å². The van der Waals surface area contributed by atoms with E-state index in [0.717, 1.165) is 42.2 Å². The van der Waals surface area contributed by atoms with Crippen LogP contribution in [0.3, 0.4) is 0 Å². The van der Waals surface area contributed by atoms with E-state index in [2.05, 4.69) is 38.5 Å². The molecular weight excluding hydrogens is 625 g/mol. The summed E-state index contributed by atoms with van der Waals surface area (Å²) in [6.07, 6.45) is 1.75. The van der Waals surface area contributed by atoms with E-state index in [1.807, 2.05) is 66.7 Å². The summed E-state index contributed by atoms with van der Waals surface area (Å²) in [6.45, 7) is 0.686. The summed E-state index contributed by atoms with van der Waals surface area (Å²) in [5, 5.41) is 0.427. The van der Waals surface area contributed by atoms with Crippen molar-refractivity contribution in [3.05, 3.63) is 101 Å². The molecular formula is C24H16BrClINO3S. The number of carbonyl (C=O) groups is 2. The Balaban J connectivity index is 1.44. The molecule has 0 aliphatic carbocycles. The molecule has 2 amide bonds. The van der Waals surface area contributed by atoms with Crippen LogP contribution in [0.15, 0.2) is 76.1 Å². The largest absolute Gasteiger partial charge is 0.488 e. The summed E-state index contributed by atoms with van der Waals surface area (Å²) in [5.74, 6) is 0.474. The van der Waals surface area contributed by atoms with Crippen LogP contribution in [-0.4, -0.2) is 16.0 Å². The molecule has 4 rings (SSSR count). The first kappa shape index (κ1) is 23.4. The van der Waals surface area contributed by atoms with E-state index in [-0.39, 0.29) is 17.7 Å². The van der Waals surface area contributed by atoms with Gasteiger partial charge in [-0.2, -0.15) is 0 Å². The summed E-state index contributed by atoms with van der Waals surface area (Å²) in [7, 11) is 0. The van der Waals surface area contributed by atoms with Crippen LogP contribution in [0.25, 0.3) is 6.08 Å². The number of benzene rings is 3. The summed E-state index contributed by atoms with van der Waals surface area (Å²) in [5.41, 5.74) is 2.75. The number of halogens is 3. The molecule has 1 aliphatic heterocycles. The maximum absolute atomic E-state index is 12.8. The summed E-state index contributed by atoms with van der Waals surface area (Å²) < 4.78 is 7.77. The van der Waals surface area contributed by atoms with Crippen LogP contribution in [0.5, 0.6) is 5.75 Å². The summed E-state index contributed by atoms with van der Waals surface area (Å²) in [4.78, 5) is 26.9. The Morgan fingerprint density at radius 3 is 2.38 bits per heavy atom. The van der Waals surface area contributed by atoms with Crippen LogP contribution in [0.4, 0.5) is 4.79 Å². The van der Waals surface area contributed by atoms with Crippen LogP contribution in [0, 0.1) is 3.57 Å². The van der Waals surface area contributed by atoms with Gasteiger partial charge in [-0.25, -0.2) is 0 Å². The Hall–Kier alpha value is -1.81. The topological polar surface area (TPSA) is 46.6 Å². The first-order chi connectivity index (χ1) is 15.4. The highest BCUT2D eigenvalue weighted by Gasteiger charge is 2.35. The van der Waals surface area contributed by atoms with Crippen molar-refractivity contribution in [3.8, 4) is 5.75 Å². The summed E-state index contributed by atoms with van der Waals surface area (Å²) >= 11 is 12.5. The number of carbonyl (C=O) groups excluding carboxylic acids is 2. The van der Waals surface area contributed by atoms with Gasteiger partial charge in [0, 0.05) is 9.50 Å². The normalized spacial score (nSPS) is 15.0. The van der Waals surface area contributed by atoms with Gasteiger partial charge < -0.3 is 4.74 Å². The number of hydrogen-bond acceptors (Lipinski definition) is 4. The van der Waals surface area contributed by atoms with Gasteiger partial charge in [0.25, 0.3) is 11.1 Å². The zero-order valence-corrected chi connectivity index (χ0v) is 21.9. The van der Waals surface area contributed by atoms with Gasteiger partial charge in [-0.1, -0.05) is 57.9 Å². The fourth-order valence-electron chi connectivity index (χ4n) is 3.03. The van der Waals surface area contributed by atoms with Gasteiger partial charge in [0.1, 0.15) is 12.4 Å². The molecule has 3 aromatic carbocycles. The Morgan fingerprint density at radius 2 is 1.69 bits per heavy atom. The van der Waals surface area contributed by atoms with Crippen molar-refractivity contribution >= 4 is 79.1 Å². The molecule has 1 fully saturated rings. The fraction of sp³-hybridized carbons (Fsp3) is 0.0833. The van der Waals surface area contributed by atoms with Gasteiger partial charge in [-0.05, 0) is 93.5 Å². The molecule has 0 radical (unpaired) electrons. The first-order valence-electron chi connectivity index (χ1n) is 9.55. The number of nitrogens with zero attached hydrogens (tertiary/aromatic N) is 1. The predicted molar refractivity (Wildman–Crippen MR) is 141 cm³/mol. The van der Waals surface area contributed by atoms with Gasteiger partial charge in [0.05, 0.1) is 15.0 Å². The van der Waals surface area contributed by atoms with E-state index in [0.29, 0.717) is 16.5 Å². The van der Waals surface area contributed by atoms with Crippen molar-refractivity contribution in [2.24, 2.45) is 0 Å². The molecule has 1 aliphatic rings. The number of rotatable bonds is 6. The van der Waals surface area contributed by atoms with E-state index in [4.69, 9.17) is 16.3 Å². The summed E-state index contributed by atoms with van der Waals surface area (Å²) in [6, 6.07) is 20.8. The minimum absolute atomic E-state index is 0.254. The Morgan fingerprint density at radius 1 is 1.00 bits per heavy atom. The molecule has 162 valence electrons. The number of thioether (sulfide) groups is 1. The third-order valence-electron chi connectivity index (χ3n) is 4.69. The van der Waals surface area contributed by atoms with Crippen LogP contribution in [-0.2, 0) is 17.9 Å². The Kier molecular flexibility index (Phi) is 7.60. The molecule has 0 spiro atoms. The van der Waals surface area contributed by atoms with Gasteiger partial charge in [-0.15, -0.1) is 0 Å². The Bertz CT molecular complexity index is 1200. The number of hydrogen-bond donors (Lipinski definition) is 0. The maximum Gasteiger partial charge on any atom is 0.293 e. The molecule has 3 aromatic rings. The molecule has 0 aromatic heterocycles.